The third-order valence-electron chi connectivity index (χ3n) is 2.46. The zero-order chi connectivity index (χ0) is 12.3. The molecule has 1 atom stereocenters. The van der Waals surface area contributed by atoms with Gasteiger partial charge in [0.1, 0.15) is 0 Å². The number of nitrogens with zero attached hydrogens (tertiary/aromatic N) is 2. The number of nitrogens with two attached hydrogens (primary N) is 1. The van der Waals surface area contributed by atoms with E-state index >= 15 is 0 Å². The van der Waals surface area contributed by atoms with Crippen LogP contribution in [-0.2, 0) is 24.3 Å². The van der Waals surface area contributed by atoms with Gasteiger partial charge in [-0.3, -0.25) is 8.89 Å². The van der Waals surface area contributed by atoms with Crippen molar-refractivity contribution in [1.29, 1.82) is 0 Å². The van der Waals surface area contributed by atoms with E-state index < -0.39 is 10.8 Å². The van der Waals surface area contributed by atoms with Crippen LogP contribution in [0.4, 0.5) is 5.69 Å². The molecule has 0 fully saturated rings. The maximum atomic E-state index is 12.0. The van der Waals surface area contributed by atoms with Gasteiger partial charge < -0.3 is 5.73 Å². The average Bonchev–Trinajstić information content (AvgIpc) is 2.72. The first kappa shape index (κ1) is 11.9. The number of aromatic nitrogens is 2. The summed E-state index contributed by atoms with van der Waals surface area (Å²) in [5.41, 5.74) is 7.41. The Morgan fingerprint density at radius 2 is 2.29 bits per heavy atom. The summed E-state index contributed by atoms with van der Waals surface area (Å²) in [7, 11) is 0.871. The summed E-state index contributed by atoms with van der Waals surface area (Å²) >= 11 is 0. The lowest BCUT2D eigenvalue weighted by atomic mass is 10.3. The molecule has 0 bridgehead atoms. The van der Waals surface area contributed by atoms with Gasteiger partial charge in [-0.15, -0.1) is 0 Å². The van der Waals surface area contributed by atoms with E-state index in [1.54, 1.807) is 23.0 Å². The molecule has 90 valence electrons. The van der Waals surface area contributed by atoms with Crippen molar-refractivity contribution in [2.24, 2.45) is 7.05 Å². The van der Waals surface area contributed by atoms with Crippen LogP contribution in [0, 0.1) is 0 Å². The smallest absolute Gasteiger partial charge is 0.0533 e. The maximum Gasteiger partial charge on any atom is 0.0533 e. The molecule has 2 aromatic rings. The van der Waals surface area contributed by atoms with Gasteiger partial charge in [-0.05, 0) is 30.2 Å². The second-order valence-corrected chi connectivity index (χ2v) is 5.47. The lowest BCUT2D eigenvalue weighted by molar-refractivity contribution is 0.682. The van der Waals surface area contributed by atoms with E-state index in [0.717, 1.165) is 16.9 Å². The minimum absolute atomic E-state index is 0.592. The fourth-order valence-corrected chi connectivity index (χ4v) is 2.74. The first-order chi connectivity index (χ1) is 8.15. The molecule has 17 heavy (non-hydrogen) atoms. The van der Waals surface area contributed by atoms with Crippen LogP contribution in [0.1, 0.15) is 5.56 Å². The number of aryl methyl sites for hydroxylation is 2. The Kier molecular flexibility index (Phi) is 3.58. The van der Waals surface area contributed by atoms with Crippen molar-refractivity contribution in [3.05, 3.63) is 42.2 Å². The Bertz CT molecular complexity index is 536. The van der Waals surface area contributed by atoms with Crippen molar-refractivity contribution in [2.45, 2.75) is 11.3 Å². The number of nitrogen functional groups attached to an aromatic ring is 1. The molecule has 2 rings (SSSR count). The van der Waals surface area contributed by atoms with Crippen LogP contribution in [-0.4, -0.2) is 19.7 Å². The van der Waals surface area contributed by atoms with Gasteiger partial charge in [0.25, 0.3) is 0 Å². The normalized spacial score (nSPS) is 12.5. The monoisotopic (exact) mass is 249 g/mol. The molecule has 0 radical (unpaired) electrons. The third kappa shape index (κ3) is 3.17. The van der Waals surface area contributed by atoms with Crippen LogP contribution in [0.25, 0.3) is 0 Å². The molecule has 0 saturated heterocycles. The van der Waals surface area contributed by atoms with Gasteiger partial charge in [-0.2, -0.15) is 5.10 Å². The molecule has 0 aliphatic carbocycles. The van der Waals surface area contributed by atoms with Crippen LogP contribution in [0.3, 0.4) is 0 Å². The molecule has 1 unspecified atom stereocenters. The van der Waals surface area contributed by atoms with Gasteiger partial charge in [-0.1, -0.05) is 6.07 Å². The van der Waals surface area contributed by atoms with E-state index in [2.05, 4.69) is 5.10 Å². The second-order valence-electron chi connectivity index (χ2n) is 3.89. The van der Waals surface area contributed by atoms with Gasteiger partial charge in [0.15, 0.2) is 0 Å². The molecule has 0 aliphatic rings. The van der Waals surface area contributed by atoms with Gasteiger partial charge in [0.05, 0.1) is 17.0 Å². The summed E-state index contributed by atoms with van der Waals surface area (Å²) in [6.45, 7) is 0. The molecular weight excluding hydrogens is 234 g/mol. The standard InChI is InChI=1S/C12H15N3OS/c1-15-9-10(8-14-15)5-6-17(16)12-4-2-3-11(13)7-12/h2-4,7-9H,5-6,13H2,1H3. The molecule has 0 spiro atoms. The summed E-state index contributed by atoms with van der Waals surface area (Å²) in [6.07, 6.45) is 4.50. The lowest BCUT2D eigenvalue weighted by Crippen LogP contribution is -2.01. The third-order valence-corrected chi connectivity index (χ3v) is 3.81. The molecule has 5 heteroatoms. The highest BCUT2D eigenvalue weighted by molar-refractivity contribution is 7.85. The molecule has 1 aromatic carbocycles. The second kappa shape index (κ2) is 5.14. The molecule has 0 amide bonds. The van der Waals surface area contributed by atoms with Crippen LogP contribution in [0.15, 0.2) is 41.6 Å². The van der Waals surface area contributed by atoms with Crippen molar-refractivity contribution in [1.82, 2.24) is 9.78 Å². The molecular formula is C12H15N3OS. The summed E-state index contributed by atoms with van der Waals surface area (Å²) in [6, 6.07) is 7.23. The fraction of sp³-hybridized carbons (Fsp3) is 0.250. The quantitative estimate of drug-likeness (QED) is 0.832. The Hall–Kier alpha value is -1.62. The first-order valence-electron chi connectivity index (χ1n) is 5.36. The predicted octanol–water partition coefficient (Wildman–Crippen LogP) is 1.35. The van der Waals surface area contributed by atoms with Gasteiger partial charge in [0, 0.05) is 29.6 Å². The van der Waals surface area contributed by atoms with Gasteiger partial charge >= 0.3 is 0 Å². The Labute approximate surface area is 103 Å². The average molecular weight is 249 g/mol. The molecule has 1 aromatic heterocycles. The molecule has 0 saturated carbocycles. The van der Waals surface area contributed by atoms with E-state index in [9.17, 15) is 4.21 Å². The minimum atomic E-state index is -1.00. The SMILES string of the molecule is Cn1cc(CCS(=O)c2cccc(N)c2)cn1. The summed E-state index contributed by atoms with van der Waals surface area (Å²) in [5, 5.41) is 4.08. The number of hydrogen-bond donors (Lipinski definition) is 1. The molecule has 2 N–H and O–H groups in total. The lowest BCUT2D eigenvalue weighted by Gasteiger charge is -2.02. The predicted molar refractivity (Wildman–Crippen MR) is 69.0 cm³/mol. The van der Waals surface area contributed by atoms with Crippen LogP contribution in [0.2, 0.25) is 0 Å². The molecule has 4 nitrogen and oxygen atoms in total. The van der Waals surface area contributed by atoms with Crippen molar-refractivity contribution in [2.75, 3.05) is 11.5 Å². The Balaban J connectivity index is 1.98. The Morgan fingerprint density at radius 1 is 1.47 bits per heavy atom. The topological polar surface area (TPSA) is 60.9 Å². The maximum absolute atomic E-state index is 12.0. The van der Waals surface area contributed by atoms with Crippen LogP contribution >= 0.6 is 0 Å². The van der Waals surface area contributed by atoms with Crippen molar-refractivity contribution in [3.63, 3.8) is 0 Å². The molecule has 0 aliphatic heterocycles. The number of hydrogen-bond acceptors (Lipinski definition) is 3. The highest BCUT2D eigenvalue weighted by Gasteiger charge is 2.05. The molecule has 1 heterocycles. The van der Waals surface area contributed by atoms with Crippen molar-refractivity contribution in [3.8, 4) is 0 Å². The number of rotatable bonds is 4. The summed E-state index contributed by atoms with van der Waals surface area (Å²) in [5.74, 6) is 0.592. The fourth-order valence-electron chi connectivity index (χ4n) is 1.59. The number of benzene rings is 1. The highest BCUT2D eigenvalue weighted by atomic mass is 32.2. The van der Waals surface area contributed by atoms with E-state index in [1.165, 1.54) is 0 Å². The first-order valence-corrected chi connectivity index (χ1v) is 6.68. The highest BCUT2D eigenvalue weighted by Crippen LogP contribution is 2.12. The van der Waals surface area contributed by atoms with E-state index in [0.29, 0.717) is 11.4 Å². The van der Waals surface area contributed by atoms with Crippen LogP contribution < -0.4 is 5.73 Å². The minimum Gasteiger partial charge on any atom is -0.399 e. The summed E-state index contributed by atoms with van der Waals surface area (Å²) < 4.78 is 13.8. The van der Waals surface area contributed by atoms with Gasteiger partial charge in [-0.25, -0.2) is 0 Å². The zero-order valence-corrected chi connectivity index (χ0v) is 10.5. The van der Waals surface area contributed by atoms with Crippen molar-refractivity contribution >= 4 is 16.5 Å². The largest absolute Gasteiger partial charge is 0.399 e. The van der Waals surface area contributed by atoms with Crippen molar-refractivity contribution < 1.29 is 4.21 Å². The van der Waals surface area contributed by atoms with E-state index in [1.807, 2.05) is 25.4 Å². The zero-order valence-electron chi connectivity index (χ0n) is 9.67. The van der Waals surface area contributed by atoms with E-state index in [4.69, 9.17) is 5.73 Å². The Morgan fingerprint density at radius 3 is 2.94 bits per heavy atom. The van der Waals surface area contributed by atoms with E-state index in [-0.39, 0.29) is 0 Å². The van der Waals surface area contributed by atoms with Gasteiger partial charge in [0.2, 0.25) is 0 Å². The number of anilines is 1. The summed E-state index contributed by atoms with van der Waals surface area (Å²) in [4.78, 5) is 0.786. The van der Waals surface area contributed by atoms with Crippen LogP contribution in [0.5, 0.6) is 0 Å².